The molecule has 1 aliphatic rings. The van der Waals surface area contributed by atoms with Gasteiger partial charge in [0.15, 0.2) is 0 Å². The highest BCUT2D eigenvalue weighted by Gasteiger charge is 2.35. The van der Waals surface area contributed by atoms with E-state index in [0.29, 0.717) is 0 Å². The largest absolute Gasteiger partial charge is 0.0654 e. The van der Waals surface area contributed by atoms with Gasteiger partial charge < -0.3 is 0 Å². The monoisotopic (exact) mass is 308 g/mol. The Morgan fingerprint density at radius 1 is 0.727 bits per heavy atom. The first-order valence-corrected chi connectivity index (χ1v) is 10.6. The first kappa shape index (κ1) is 20.0. The van der Waals surface area contributed by atoms with Crippen molar-refractivity contribution in [1.29, 1.82) is 0 Å². The van der Waals surface area contributed by atoms with Crippen molar-refractivity contribution in [2.24, 2.45) is 29.6 Å². The second-order valence-corrected chi connectivity index (χ2v) is 8.73. The molecule has 1 rings (SSSR count). The summed E-state index contributed by atoms with van der Waals surface area (Å²) in [5.41, 5.74) is 0. The van der Waals surface area contributed by atoms with E-state index in [1.165, 1.54) is 77.0 Å². The number of rotatable bonds is 14. The van der Waals surface area contributed by atoms with Gasteiger partial charge in [0.2, 0.25) is 0 Å². The van der Waals surface area contributed by atoms with E-state index in [1.54, 1.807) is 0 Å². The van der Waals surface area contributed by atoms with Crippen LogP contribution in [0.1, 0.15) is 112 Å². The third kappa shape index (κ3) is 9.21. The average molecular weight is 309 g/mol. The van der Waals surface area contributed by atoms with E-state index in [1.807, 2.05) is 0 Å². The normalized spacial score (nSPS) is 25.0. The molecule has 0 spiro atoms. The lowest BCUT2D eigenvalue weighted by Crippen LogP contribution is -2.06. The van der Waals surface area contributed by atoms with Crippen molar-refractivity contribution in [1.82, 2.24) is 0 Å². The Morgan fingerprint density at radius 3 is 2.00 bits per heavy atom. The summed E-state index contributed by atoms with van der Waals surface area (Å²) in [6.45, 7) is 12.1. The second kappa shape index (κ2) is 11.5. The molecule has 1 saturated carbocycles. The second-order valence-electron chi connectivity index (χ2n) is 8.73. The molecule has 5 atom stereocenters. The zero-order valence-corrected chi connectivity index (χ0v) is 16.4. The molecule has 132 valence electrons. The van der Waals surface area contributed by atoms with Crippen LogP contribution in [0, 0.1) is 29.6 Å². The summed E-state index contributed by atoms with van der Waals surface area (Å²) in [7, 11) is 0. The van der Waals surface area contributed by atoms with Gasteiger partial charge >= 0.3 is 0 Å². The molecule has 0 saturated heterocycles. The molecule has 0 nitrogen and oxygen atoms in total. The fraction of sp³-hybridized carbons (Fsp3) is 1.00. The van der Waals surface area contributed by atoms with Crippen molar-refractivity contribution in [3.63, 3.8) is 0 Å². The minimum atomic E-state index is 0.939. The minimum absolute atomic E-state index is 0.939. The smallest absolute Gasteiger partial charge is 0.0381 e. The molecule has 0 aromatic rings. The molecule has 0 radical (unpaired) electrons. The molecule has 0 aromatic carbocycles. The number of hydrogen-bond donors (Lipinski definition) is 0. The Morgan fingerprint density at radius 2 is 1.36 bits per heavy atom. The van der Waals surface area contributed by atoms with Crippen LogP contribution < -0.4 is 0 Å². The summed E-state index contributed by atoms with van der Waals surface area (Å²) in [4.78, 5) is 0. The van der Waals surface area contributed by atoms with Gasteiger partial charge in [0.05, 0.1) is 0 Å². The Kier molecular flexibility index (Phi) is 10.5. The average Bonchev–Trinajstić information content (AvgIpc) is 3.23. The van der Waals surface area contributed by atoms with E-state index < -0.39 is 0 Å². The molecule has 0 amide bonds. The molecule has 22 heavy (non-hydrogen) atoms. The van der Waals surface area contributed by atoms with E-state index in [0.717, 1.165) is 29.6 Å². The summed E-state index contributed by atoms with van der Waals surface area (Å²) >= 11 is 0. The number of hydrogen-bond acceptors (Lipinski definition) is 0. The maximum atomic E-state index is 2.49. The first-order chi connectivity index (χ1) is 10.6. The quantitative estimate of drug-likeness (QED) is 0.286. The van der Waals surface area contributed by atoms with Crippen LogP contribution in [-0.4, -0.2) is 0 Å². The summed E-state index contributed by atoms with van der Waals surface area (Å²) in [6, 6.07) is 0. The maximum Gasteiger partial charge on any atom is -0.0381 e. The molecule has 0 heterocycles. The van der Waals surface area contributed by atoms with Gasteiger partial charge in [0.25, 0.3) is 0 Å². The SMILES string of the molecule is CCCCCCCC(C)CC(C)CCC(C)CC1CC1CC. The summed E-state index contributed by atoms with van der Waals surface area (Å²) < 4.78 is 0. The van der Waals surface area contributed by atoms with Crippen LogP contribution in [0.3, 0.4) is 0 Å². The topological polar surface area (TPSA) is 0 Å². The lowest BCUT2D eigenvalue weighted by Gasteiger charge is -2.19. The van der Waals surface area contributed by atoms with Crippen molar-refractivity contribution in [2.45, 2.75) is 112 Å². The third-order valence-corrected chi connectivity index (χ3v) is 6.06. The van der Waals surface area contributed by atoms with Gasteiger partial charge in [-0.2, -0.15) is 0 Å². The van der Waals surface area contributed by atoms with Gasteiger partial charge in [-0.05, 0) is 48.9 Å². The molecule has 1 aliphatic carbocycles. The van der Waals surface area contributed by atoms with Crippen molar-refractivity contribution in [3.05, 3.63) is 0 Å². The Labute approximate surface area is 141 Å². The van der Waals surface area contributed by atoms with Gasteiger partial charge in [-0.15, -0.1) is 0 Å². The predicted octanol–water partition coefficient (Wildman–Crippen LogP) is 7.86. The molecule has 0 N–H and O–H groups in total. The van der Waals surface area contributed by atoms with Crippen LogP contribution in [-0.2, 0) is 0 Å². The van der Waals surface area contributed by atoms with E-state index in [-0.39, 0.29) is 0 Å². The zero-order chi connectivity index (χ0) is 16.4. The van der Waals surface area contributed by atoms with Crippen LogP contribution in [0.2, 0.25) is 0 Å². The van der Waals surface area contributed by atoms with Crippen molar-refractivity contribution in [3.8, 4) is 0 Å². The van der Waals surface area contributed by atoms with Gasteiger partial charge in [-0.3, -0.25) is 0 Å². The van der Waals surface area contributed by atoms with Gasteiger partial charge in [0, 0.05) is 0 Å². The highest BCUT2D eigenvalue weighted by Crippen LogP contribution is 2.45. The minimum Gasteiger partial charge on any atom is -0.0654 e. The fourth-order valence-electron chi connectivity index (χ4n) is 4.32. The number of unbranched alkanes of at least 4 members (excludes halogenated alkanes) is 4. The van der Waals surface area contributed by atoms with Crippen LogP contribution in [0.15, 0.2) is 0 Å². The fourth-order valence-corrected chi connectivity index (χ4v) is 4.32. The highest BCUT2D eigenvalue weighted by atomic mass is 14.4. The standard InChI is InChI=1S/C22H44/c1-6-8-9-10-11-12-18(3)15-19(4)13-14-20(5)16-22-17-21(22)7-2/h18-22H,6-17H2,1-5H3. The molecule has 0 heteroatoms. The summed E-state index contributed by atoms with van der Waals surface area (Å²) in [5, 5.41) is 0. The Hall–Kier alpha value is 0. The zero-order valence-electron chi connectivity index (χ0n) is 16.4. The molecule has 0 aromatic heterocycles. The Balaban J connectivity index is 1.98. The molecule has 5 unspecified atom stereocenters. The van der Waals surface area contributed by atoms with E-state index in [4.69, 9.17) is 0 Å². The van der Waals surface area contributed by atoms with Gasteiger partial charge in [-0.1, -0.05) is 92.4 Å². The lowest BCUT2D eigenvalue weighted by molar-refractivity contribution is 0.330. The van der Waals surface area contributed by atoms with Crippen molar-refractivity contribution >= 4 is 0 Å². The third-order valence-electron chi connectivity index (χ3n) is 6.06. The molecule has 1 fully saturated rings. The summed E-state index contributed by atoms with van der Waals surface area (Å²) in [5.74, 6) is 5.03. The van der Waals surface area contributed by atoms with Crippen LogP contribution >= 0.6 is 0 Å². The maximum absolute atomic E-state index is 2.49. The Bertz CT molecular complexity index is 257. The van der Waals surface area contributed by atoms with Crippen molar-refractivity contribution < 1.29 is 0 Å². The predicted molar refractivity (Wildman–Crippen MR) is 101 cm³/mol. The molecular weight excluding hydrogens is 264 g/mol. The molecular formula is C22H44. The van der Waals surface area contributed by atoms with E-state index >= 15 is 0 Å². The van der Waals surface area contributed by atoms with Crippen molar-refractivity contribution in [2.75, 3.05) is 0 Å². The summed E-state index contributed by atoms with van der Waals surface area (Å²) in [6.07, 6.45) is 17.5. The first-order valence-electron chi connectivity index (χ1n) is 10.6. The van der Waals surface area contributed by atoms with Crippen LogP contribution in [0.5, 0.6) is 0 Å². The van der Waals surface area contributed by atoms with Crippen LogP contribution in [0.25, 0.3) is 0 Å². The van der Waals surface area contributed by atoms with Gasteiger partial charge in [0.1, 0.15) is 0 Å². The van der Waals surface area contributed by atoms with Crippen LogP contribution in [0.4, 0.5) is 0 Å². The van der Waals surface area contributed by atoms with E-state index in [9.17, 15) is 0 Å². The molecule has 0 bridgehead atoms. The highest BCUT2D eigenvalue weighted by molar-refractivity contribution is 4.86. The van der Waals surface area contributed by atoms with Gasteiger partial charge in [-0.25, -0.2) is 0 Å². The van der Waals surface area contributed by atoms with E-state index in [2.05, 4.69) is 34.6 Å². The molecule has 0 aliphatic heterocycles. The lowest BCUT2D eigenvalue weighted by atomic mass is 9.87.